The molecule has 0 aromatic heterocycles. The number of phenols is 1. The van der Waals surface area contributed by atoms with Crippen LogP contribution in [0.1, 0.15) is 79.4 Å². The van der Waals surface area contributed by atoms with Crippen LogP contribution in [0.2, 0.25) is 0 Å². The van der Waals surface area contributed by atoms with Gasteiger partial charge in [-0.1, -0.05) is 73.6 Å². The molecular weight excluding hydrogens is 280 g/mol. The summed E-state index contributed by atoms with van der Waals surface area (Å²) in [5.41, 5.74) is 2.88. The Kier molecular flexibility index (Phi) is 6.74. The highest BCUT2D eigenvalue weighted by atomic mass is 16.3. The van der Waals surface area contributed by atoms with E-state index in [0.717, 1.165) is 36.8 Å². The van der Waals surface area contributed by atoms with Crippen molar-refractivity contribution in [3.63, 3.8) is 0 Å². The van der Waals surface area contributed by atoms with E-state index in [1.54, 1.807) is 0 Å². The van der Waals surface area contributed by atoms with Crippen LogP contribution in [0.3, 0.4) is 0 Å². The first-order chi connectivity index (χ1) is 10.4. The van der Waals surface area contributed by atoms with Gasteiger partial charge in [-0.2, -0.15) is 0 Å². The lowest BCUT2D eigenvalue weighted by Crippen LogP contribution is -2.18. The van der Waals surface area contributed by atoms with Crippen LogP contribution in [0.5, 0.6) is 5.75 Å². The van der Waals surface area contributed by atoms with Gasteiger partial charge in [0, 0.05) is 0 Å². The Morgan fingerprint density at radius 3 is 1.43 bits per heavy atom. The molecule has 0 aliphatic heterocycles. The van der Waals surface area contributed by atoms with Crippen molar-refractivity contribution in [2.45, 2.75) is 81.1 Å². The van der Waals surface area contributed by atoms with Crippen molar-refractivity contribution >= 4 is 0 Å². The van der Waals surface area contributed by atoms with E-state index < -0.39 is 0 Å². The first kappa shape index (κ1) is 20.1. The average molecular weight is 319 g/mol. The summed E-state index contributed by atoms with van der Waals surface area (Å²) in [4.78, 5) is 0. The Hall–Kier alpha value is -0.980. The molecular formula is C22H38O. The number of para-hydroxylation sites is 1. The lowest BCUT2D eigenvalue weighted by molar-refractivity contribution is 0.245. The van der Waals surface area contributed by atoms with Crippen LogP contribution in [0.4, 0.5) is 0 Å². The molecule has 0 saturated heterocycles. The molecule has 0 amide bonds. The fraction of sp³-hybridized carbons (Fsp3) is 0.727. The number of hydrogen-bond acceptors (Lipinski definition) is 1. The largest absolute Gasteiger partial charge is 0.507 e. The zero-order valence-electron chi connectivity index (χ0n) is 16.7. The highest BCUT2D eigenvalue weighted by molar-refractivity contribution is 5.40. The Labute approximate surface area is 144 Å². The van der Waals surface area contributed by atoms with Crippen molar-refractivity contribution < 1.29 is 5.11 Å². The highest BCUT2D eigenvalue weighted by Gasteiger charge is 2.22. The van der Waals surface area contributed by atoms with E-state index >= 15 is 0 Å². The van der Waals surface area contributed by atoms with Gasteiger partial charge in [-0.05, 0) is 59.5 Å². The molecule has 0 spiro atoms. The molecule has 0 saturated carbocycles. The van der Waals surface area contributed by atoms with Crippen molar-refractivity contribution in [3.05, 3.63) is 29.3 Å². The van der Waals surface area contributed by atoms with Crippen LogP contribution < -0.4 is 0 Å². The zero-order chi connectivity index (χ0) is 17.8. The molecule has 1 N–H and O–H groups in total. The second-order valence-electron chi connectivity index (χ2n) is 9.54. The van der Waals surface area contributed by atoms with Crippen LogP contribution >= 0.6 is 0 Å². The maximum absolute atomic E-state index is 10.6. The van der Waals surface area contributed by atoms with E-state index in [-0.39, 0.29) is 0 Å². The molecule has 2 atom stereocenters. The maximum Gasteiger partial charge on any atom is 0.121 e. The third-order valence-corrected chi connectivity index (χ3v) is 5.85. The van der Waals surface area contributed by atoms with Crippen molar-refractivity contribution in [2.75, 3.05) is 0 Å². The highest BCUT2D eigenvalue weighted by Crippen LogP contribution is 2.33. The summed E-state index contributed by atoms with van der Waals surface area (Å²) in [6.07, 6.45) is 4.18. The third kappa shape index (κ3) is 6.20. The summed E-state index contributed by atoms with van der Waals surface area (Å²) in [7, 11) is 0. The fourth-order valence-electron chi connectivity index (χ4n) is 2.66. The Morgan fingerprint density at radius 1 is 0.783 bits per heavy atom. The van der Waals surface area contributed by atoms with E-state index in [9.17, 15) is 5.11 Å². The van der Waals surface area contributed by atoms with Gasteiger partial charge < -0.3 is 5.11 Å². The van der Waals surface area contributed by atoms with Gasteiger partial charge in [-0.15, -0.1) is 0 Å². The molecule has 0 heterocycles. The standard InChI is InChI=1S/C22H38O/c1-16(21(3,4)5)12-14-18-10-9-11-19(20(18)23)15-13-17(2)22(6,7)8/h9-11,16-17,23H,12-15H2,1-8H3. The quantitative estimate of drug-likeness (QED) is 0.624. The Balaban J connectivity index is 2.71. The molecule has 0 bridgehead atoms. The summed E-state index contributed by atoms with van der Waals surface area (Å²) in [5, 5.41) is 10.6. The van der Waals surface area contributed by atoms with E-state index in [2.05, 4.69) is 73.6 Å². The van der Waals surface area contributed by atoms with Crippen LogP contribution in [0, 0.1) is 22.7 Å². The van der Waals surface area contributed by atoms with Crippen molar-refractivity contribution in [3.8, 4) is 5.75 Å². The lowest BCUT2D eigenvalue weighted by Gasteiger charge is -2.28. The van der Waals surface area contributed by atoms with E-state index in [1.807, 2.05) is 0 Å². The molecule has 0 aliphatic carbocycles. The maximum atomic E-state index is 10.6. The monoisotopic (exact) mass is 318 g/mol. The van der Waals surface area contributed by atoms with E-state index in [4.69, 9.17) is 0 Å². The van der Waals surface area contributed by atoms with E-state index in [1.165, 1.54) is 0 Å². The normalized spacial score (nSPS) is 15.5. The molecule has 1 aromatic rings. The van der Waals surface area contributed by atoms with Gasteiger partial charge in [0.15, 0.2) is 0 Å². The van der Waals surface area contributed by atoms with E-state index in [0.29, 0.717) is 28.4 Å². The Morgan fingerprint density at radius 2 is 1.13 bits per heavy atom. The molecule has 1 heteroatoms. The van der Waals surface area contributed by atoms with Crippen LogP contribution in [-0.2, 0) is 12.8 Å². The molecule has 132 valence electrons. The molecule has 0 fully saturated rings. The fourth-order valence-corrected chi connectivity index (χ4v) is 2.66. The minimum atomic E-state index is 0.329. The summed E-state index contributed by atoms with van der Waals surface area (Å²) in [6, 6.07) is 6.27. The first-order valence-electron chi connectivity index (χ1n) is 9.22. The van der Waals surface area contributed by atoms with Gasteiger partial charge in [-0.3, -0.25) is 0 Å². The third-order valence-electron chi connectivity index (χ3n) is 5.85. The number of hydrogen-bond donors (Lipinski definition) is 1. The zero-order valence-corrected chi connectivity index (χ0v) is 16.7. The molecule has 1 nitrogen and oxygen atoms in total. The molecule has 1 rings (SSSR count). The van der Waals surface area contributed by atoms with Gasteiger partial charge in [-0.25, -0.2) is 0 Å². The van der Waals surface area contributed by atoms with Gasteiger partial charge >= 0.3 is 0 Å². The Bertz CT molecular complexity index is 445. The van der Waals surface area contributed by atoms with Gasteiger partial charge in [0.25, 0.3) is 0 Å². The summed E-state index contributed by atoms with van der Waals surface area (Å²) < 4.78 is 0. The topological polar surface area (TPSA) is 20.2 Å². The molecule has 2 unspecified atom stereocenters. The number of aryl methyl sites for hydroxylation is 2. The average Bonchev–Trinajstić information content (AvgIpc) is 2.42. The molecule has 0 radical (unpaired) electrons. The van der Waals surface area contributed by atoms with Crippen molar-refractivity contribution in [2.24, 2.45) is 22.7 Å². The predicted molar refractivity (Wildman–Crippen MR) is 102 cm³/mol. The SMILES string of the molecule is CC(CCc1cccc(CCC(C)C(C)(C)C)c1O)C(C)(C)C. The molecule has 23 heavy (non-hydrogen) atoms. The van der Waals surface area contributed by atoms with Crippen molar-refractivity contribution in [1.29, 1.82) is 0 Å². The lowest BCUT2D eigenvalue weighted by atomic mass is 9.78. The van der Waals surface area contributed by atoms with Crippen LogP contribution in [0.25, 0.3) is 0 Å². The number of rotatable bonds is 6. The molecule has 1 aromatic carbocycles. The molecule has 0 aliphatic rings. The number of aromatic hydroxyl groups is 1. The van der Waals surface area contributed by atoms with Gasteiger partial charge in [0.1, 0.15) is 5.75 Å². The number of benzene rings is 1. The number of phenolic OH excluding ortho intramolecular Hbond substituents is 1. The predicted octanol–water partition coefficient (Wildman–Crippen LogP) is 6.62. The second-order valence-corrected chi connectivity index (χ2v) is 9.54. The smallest absolute Gasteiger partial charge is 0.121 e. The van der Waals surface area contributed by atoms with Gasteiger partial charge in [0.05, 0.1) is 0 Å². The summed E-state index contributed by atoms with van der Waals surface area (Å²) >= 11 is 0. The summed E-state index contributed by atoms with van der Waals surface area (Å²) in [5.74, 6) is 1.83. The minimum absolute atomic E-state index is 0.329. The first-order valence-corrected chi connectivity index (χ1v) is 9.22. The minimum Gasteiger partial charge on any atom is -0.507 e. The summed E-state index contributed by atoms with van der Waals surface area (Å²) in [6.45, 7) is 18.4. The second kappa shape index (κ2) is 7.73. The van der Waals surface area contributed by atoms with Crippen molar-refractivity contribution in [1.82, 2.24) is 0 Å². The van der Waals surface area contributed by atoms with Crippen LogP contribution in [0.15, 0.2) is 18.2 Å². The van der Waals surface area contributed by atoms with Crippen LogP contribution in [-0.4, -0.2) is 5.11 Å². The van der Waals surface area contributed by atoms with Gasteiger partial charge in [0.2, 0.25) is 0 Å².